The zero-order valence-electron chi connectivity index (χ0n) is 23.1. The van der Waals surface area contributed by atoms with E-state index < -0.39 is 17.4 Å². The number of carbonyl (C=O) groups excluding carboxylic acids is 4. The van der Waals surface area contributed by atoms with Crippen LogP contribution in [0.15, 0.2) is 78.9 Å². The molecule has 1 spiro atoms. The van der Waals surface area contributed by atoms with Crippen molar-refractivity contribution in [2.75, 3.05) is 28.8 Å². The minimum Gasteiger partial charge on any atom is -0.326 e. The highest BCUT2D eigenvalue weighted by Gasteiger charge is 2.75. The molecule has 0 radical (unpaired) electrons. The number of likely N-dealkylation sites (tertiary alicyclic amines) is 1. The van der Waals surface area contributed by atoms with Gasteiger partial charge in [-0.25, -0.2) is 0 Å². The van der Waals surface area contributed by atoms with Crippen molar-refractivity contribution in [3.63, 3.8) is 0 Å². The van der Waals surface area contributed by atoms with E-state index in [4.69, 9.17) is 0 Å². The van der Waals surface area contributed by atoms with Gasteiger partial charge in [-0.3, -0.25) is 29.0 Å². The molecule has 3 aliphatic rings. The molecule has 3 aliphatic heterocycles. The number of rotatable bonds is 8. The maximum atomic E-state index is 14.5. The van der Waals surface area contributed by atoms with Gasteiger partial charge < -0.3 is 10.6 Å². The Hall–Kier alpha value is -3.95. The van der Waals surface area contributed by atoms with Crippen molar-refractivity contribution in [3.05, 3.63) is 95.6 Å². The molecule has 3 aromatic rings. The largest absolute Gasteiger partial charge is 0.326 e. The van der Waals surface area contributed by atoms with E-state index >= 15 is 0 Å². The lowest BCUT2D eigenvalue weighted by molar-refractivity contribution is -0.733. The number of nitrogens with one attached hydrogen (secondary N) is 1. The number of fused-ring (bicyclic) bond motifs is 4. The number of imide groups is 1. The van der Waals surface area contributed by atoms with Crippen LogP contribution in [0.2, 0.25) is 0 Å². The van der Waals surface area contributed by atoms with Crippen molar-refractivity contribution < 1.29 is 24.5 Å². The minimum absolute atomic E-state index is 0.176. The van der Waals surface area contributed by atoms with Gasteiger partial charge in [0, 0.05) is 17.7 Å². The molecule has 0 unspecified atom stereocenters. The van der Waals surface area contributed by atoms with E-state index in [-0.39, 0.29) is 42.8 Å². The summed E-state index contributed by atoms with van der Waals surface area (Å²) in [6.45, 7) is 1.95. The molecule has 4 amide bonds. The van der Waals surface area contributed by atoms with Crippen LogP contribution in [-0.2, 0) is 31.3 Å². The highest BCUT2D eigenvalue weighted by Crippen LogP contribution is 2.51. The van der Waals surface area contributed by atoms with Crippen LogP contribution in [0.25, 0.3) is 0 Å². The molecule has 9 heteroatoms. The van der Waals surface area contributed by atoms with Gasteiger partial charge >= 0.3 is 0 Å². The van der Waals surface area contributed by atoms with Crippen LogP contribution in [0.5, 0.6) is 0 Å². The van der Waals surface area contributed by atoms with Crippen molar-refractivity contribution in [1.82, 2.24) is 4.90 Å². The third kappa shape index (κ3) is 4.53. The molecule has 0 aliphatic carbocycles. The maximum Gasteiger partial charge on any atom is 0.294 e. The lowest BCUT2D eigenvalue weighted by Crippen LogP contribution is -2.99. The van der Waals surface area contributed by atoms with E-state index in [1.807, 2.05) is 97.4 Å². The van der Waals surface area contributed by atoms with Crippen molar-refractivity contribution in [2.24, 2.45) is 11.8 Å². The average molecular weight is 570 g/mol. The summed E-state index contributed by atoms with van der Waals surface area (Å²) >= 11 is 1.68. The summed E-state index contributed by atoms with van der Waals surface area (Å²) in [5.41, 5.74) is 2.59. The molecule has 0 bridgehead atoms. The zero-order valence-corrected chi connectivity index (χ0v) is 23.9. The summed E-state index contributed by atoms with van der Waals surface area (Å²) in [4.78, 5) is 58.6. The number of benzene rings is 3. The van der Waals surface area contributed by atoms with Crippen molar-refractivity contribution >= 4 is 46.8 Å². The molecule has 41 heavy (non-hydrogen) atoms. The van der Waals surface area contributed by atoms with E-state index in [0.717, 1.165) is 16.9 Å². The van der Waals surface area contributed by atoms with Gasteiger partial charge in [-0.1, -0.05) is 66.2 Å². The smallest absolute Gasteiger partial charge is 0.294 e. The molecule has 3 aromatic carbocycles. The molecule has 3 N–H and O–H groups in total. The quantitative estimate of drug-likeness (QED) is 0.406. The van der Waals surface area contributed by atoms with Gasteiger partial charge in [-0.05, 0) is 42.7 Å². The summed E-state index contributed by atoms with van der Waals surface area (Å²) in [7, 11) is 0. The number of thioether (sulfide) groups is 1. The summed E-state index contributed by atoms with van der Waals surface area (Å²) in [6.07, 6.45) is 2.70. The SMILES string of the molecule is CSCC[C@@H]1[NH2+][C@]2(C(=O)N(CC(=O)Nc3ccc(C)cc3)c3ccccc32)[C@H]2C(=O)N(Cc3ccccc3)C(=O)[C@H]12. The molecule has 4 atom stereocenters. The van der Waals surface area contributed by atoms with E-state index in [2.05, 4.69) is 5.32 Å². The van der Waals surface area contributed by atoms with E-state index in [0.29, 0.717) is 23.4 Å². The number of hydrogen-bond acceptors (Lipinski definition) is 5. The van der Waals surface area contributed by atoms with Crippen molar-refractivity contribution in [1.29, 1.82) is 0 Å². The van der Waals surface area contributed by atoms with Crippen molar-refractivity contribution in [2.45, 2.75) is 31.5 Å². The van der Waals surface area contributed by atoms with Crippen LogP contribution in [0.1, 0.15) is 23.1 Å². The number of nitrogens with two attached hydrogens (primary N) is 1. The highest BCUT2D eigenvalue weighted by atomic mass is 32.2. The first-order chi connectivity index (χ1) is 19.8. The first-order valence-corrected chi connectivity index (χ1v) is 15.3. The molecule has 210 valence electrons. The van der Waals surface area contributed by atoms with Gasteiger partial charge in [0.15, 0.2) is 0 Å². The van der Waals surface area contributed by atoms with Gasteiger partial charge in [0.2, 0.25) is 23.3 Å². The van der Waals surface area contributed by atoms with Gasteiger partial charge in [-0.2, -0.15) is 11.8 Å². The summed E-state index contributed by atoms with van der Waals surface area (Å²) in [5.74, 6) is -1.84. The Labute approximate surface area is 243 Å². The third-order valence-corrected chi connectivity index (χ3v) is 9.23. The minimum atomic E-state index is -1.30. The highest BCUT2D eigenvalue weighted by molar-refractivity contribution is 7.98. The second kappa shape index (κ2) is 10.8. The molecule has 3 heterocycles. The number of para-hydroxylation sites is 1. The number of carbonyl (C=O) groups is 4. The first kappa shape index (κ1) is 27.2. The second-order valence-corrected chi connectivity index (χ2v) is 12.0. The van der Waals surface area contributed by atoms with Crippen LogP contribution >= 0.6 is 11.8 Å². The number of aryl methyl sites for hydroxylation is 1. The fourth-order valence-electron chi connectivity index (χ4n) is 6.75. The molecular weight excluding hydrogens is 536 g/mol. The molecular formula is C32H33N4O4S+. The van der Waals surface area contributed by atoms with E-state index in [1.165, 1.54) is 9.80 Å². The van der Waals surface area contributed by atoms with Gasteiger partial charge in [-0.15, -0.1) is 0 Å². The predicted molar refractivity (Wildman–Crippen MR) is 158 cm³/mol. The lowest BCUT2D eigenvalue weighted by Gasteiger charge is -2.27. The number of amides is 4. The number of anilines is 2. The van der Waals surface area contributed by atoms with Crippen LogP contribution in [-0.4, -0.2) is 53.1 Å². The molecule has 0 saturated carbocycles. The molecule has 0 aromatic heterocycles. The van der Waals surface area contributed by atoms with E-state index in [9.17, 15) is 19.2 Å². The van der Waals surface area contributed by atoms with Crippen LogP contribution in [0.3, 0.4) is 0 Å². The van der Waals surface area contributed by atoms with Gasteiger partial charge in [0.25, 0.3) is 5.91 Å². The topological polar surface area (TPSA) is 103 Å². The number of hydrogen-bond donors (Lipinski definition) is 2. The monoisotopic (exact) mass is 569 g/mol. The Morgan fingerprint density at radius 2 is 1.63 bits per heavy atom. The summed E-state index contributed by atoms with van der Waals surface area (Å²) in [5, 5.41) is 4.85. The fourth-order valence-corrected chi connectivity index (χ4v) is 7.26. The van der Waals surface area contributed by atoms with Crippen LogP contribution in [0.4, 0.5) is 11.4 Å². The molecule has 8 nitrogen and oxygen atoms in total. The Bertz CT molecular complexity index is 1510. The third-order valence-electron chi connectivity index (χ3n) is 8.59. The Balaban J connectivity index is 1.36. The zero-order chi connectivity index (χ0) is 28.7. The summed E-state index contributed by atoms with van der Waals surface area (Å²) in [6, 6.07) is 24.1. The molecule has 6 rings (SSSR count). The van der Waals surface area contributed by atoms with Gasteiger partial charge in [0.1, 0.15) is 24.4 Å². The molecule has 2 fully saturated rings. The Kier molecular flexibility index (Phi) is 7.17. The lowest BCUT2D eigenvalue weighted by atomic mass is 9.76. The van der Waals surface area contributed by atoms with Crippen molar-refractivity contribution in [3.8, 4) is 0 Å². The predicted octanol–water partition coefficient (Wildman–Crippen LogP) is 2.68. The normalized spacial score (nSPS) is 24.7. The average Bonchev–Trinajstić information content (AvgIpc) is 3.53. The Morgan fingerprint density at radius 1 is 0.927 bits per heavy atom. The summed E-state index contributed by atoms with van der Waals surface area (Å²) < 4.78 is 0. The second-order valence-electron chi connectivity index (χ2n) is 11.1. The number of quaternary nitrogens is 1. The molecule has 2 saturated heterocycles. The maximum absolute atomic E-state index is 14.5. The van der Waals surface area contributed by atoms with E-state index in [1.54, 1.807) is 11.8 Å². The van der Waals surface area contributed by atoms with Gasteiger partial charge in [0.05, 0.1) is 12.2 Å². The number of nitrogens with zero attached hydrogens (tertiary/aromatic N) is 2. The fraction of sp³-hybridized carbons (Fsp3) is 0.312. The standard InChI is InChI=1S/C32H32N4O4S/c1-20-12-14-22(15-13-20)33-26(37)19-35-25-11-7-6-10-23(25)32(31(35)40)28-27(24(34-32)16-17-41-2)29(38)36(30(28)39)18-21-8-4-3-5-9-21/h3-15,24,27-28,34H,16-19H2,1-2H3,(H,33,37)/p+1/t24-,27+,28+,32-/m0/s1. The Morgan fingerprint density at radius 3 is 2.37 bits per heavy atom. The van der Waals surface area contributed by atoms with Crippen LogP contribution < -0.4 is 15.5 Å². The van der Waals surface area contributed by atoms with Crippen LogP contribution in [0, 0.1) is 18.8 Å². The first-order valence-electron chi connectivity index (χ1n) is 13.9.